The number of aromatic carboxylic acids is 1. The molecular weight excluding hydrogens is 314 g/mol. The van der Waals surface area contributed by atoms with Gasteiger partial charge in [-0.2, -0.15) is 0 Å². The van der Waals surface area contributed by atoms with Gasteiger partial charge in [-0.05, 0) is 23.3 Å². The molecule has 8 heteroatoms. The van der Waals surface area contributed by atoms with Crippen LogP contribution in [0.1, 0.15) is 21.5 Å². The number of nitro groups is 1. The highest BCUT2D eigenvalue weighted by Gasteiger charge is 2.13. The molecule has 8 nitrogen and oxygen atoms in total. The van der Waals surface area contributed by atoms with Crippen LogP contribution < -0.4 is 5.73 Å². The molecule has 0 saturated carbocycles. The van der Waals surface area contributed by atoms with E-state index in [4.69, 9.17) is 10.8 Å². The number of benzene rings is 2. The Bertz CT molecular complexity index is 697. The predicted molar refractivity (Wildman–Crippen MR) is 85.3 cm³/mol. The number of carbonyl (C=O) groups is 2. The second-order valence-corrected chi connectivity index (χ2v) is 5.12. The Hall–Kier alpha value is -3.42. The lowest BCUT2D eigenvalue weighted by atomic mass is 10.1. The molecule has 2 rings (SSSR count). The van der Waals surface area contributed by atoms with Crippen molar-refractivity contribution >= 4 is 17.7 Å². The van der Waals surface area contributed by atoms with E-state index >= 15 is 0 Å². The van der Waals surface area contributed by atoms with E-state index in [9.17, 15) is 19.7 Å². The topological polar surface area (TPSA) is 127 Å². The molecule has 0 fully saturated rings. The Labute approximate surface area is 137 Å². The number of rotatable bonds is 6. The molecular formula is C16H15N3O5. The normalized spacial score (nSPS) is 10.2. The summed E-state index contributed by atoms with van der Waals surface area (Å²) in [4.78, 5) is 33.9. The van der Waals surface area contributed by atoms with E-state index in [0.29, 0.717) is 5.56 Å². The van der Waals surface area contributed by atoms with Gasteiger partial charge in [0.2, 0.25) is 0 Å². The summed E-state index contributed by atoms with van der Waals surface area (Å²) in [7, 11) is 0. The molecule has 0 spiro atoms. The number of carbonyl (C=O) groups excluding carboxylic acids is 1. The van der Waals surface area contributed by atoms with Crippen LogP contribution in [0.3, 0.4) is 0 Å². The second-order valence-electron chi connectivity index (χ2n) is 5.12. The summed E-state index contributed by atoms with van der Waals surface area (Å²) in [6.45, 7) is 0.389. The molecule has 2 aromatic rings. The van der Waals surface area contributed by atoms with E-state index < -0.39 is 16.9 Å². The van der Waals surface area contributed by atoms with Crippen molar-refractivity contribution in [2.75, 3.05) is 0 Å². The number of non-ortho nitro benzene ring substituents is 1. The van der Waals surface area contributed by atoms with Crippen molar-refractivity contribution < 1.29 is 19.6 Å². The number of amides is 2. The zero-order valence-corrected chi connectivity index (χ0v) is 12.6. The number of nitrogens with zero attached hydrogens (tertiary/aromatic N) is 2. The first-order valence-electron chi connectivity index (χ1n) is 6.97. The van der Waals surface area contributed by atoms with Crippen molar-refractivity contribution in [2.24, 2.45) is 5.73 Å². The molecule has 2 amide bonds. The molecule has 0 heterocycles. The molecule has 0 aliphatic carbocycles. The maximum atomic E-state index is 11.6. The first-order chi connectivity index (χ1) is 11.4. The summed E-state index contributed by atoms with van der Waals surface area (Å²) in [5, 5.41) is 19.5. The summed E-state index contributed by atoms with van der Waals surface area (Å²) in [6, 6.07) is 11.3. The highest BCUT2D eigenvalue weighted by molar-refractivity contribution is 5.87. The quantitative estimate of drug-likeness (QED) is 0.621. The number of carboxylic acids is 1. The van der Waals surface area contributed by atoms with Gasteiger partial charge >= 0.3 is 12.0 Å². The number of carboxylic acid groups (broad SMARTS) is 1. The van der Waals surface area contributed by atoms with Crippen LogP contribution in [0.4, 0.5) is 10.5 Å². The summed E-state index contributed by atoms with van der Waals surface area (Å²) >= 11 is 0. The molecule has 0 aromatic heterocycles. The Morgan fingerprint density at radius 2 is 1.46 bits per heavy atom. The smallest absolute Gasteiger partial charge is 0.335 e. The van der Waals surface area contributed by atoms with Crippen LogP contribution in [0.5, 0.6) is 0 Å². The number of hydrogen-bond acceptors (Lipinski definition) is 4. The van der Waals surface area contributed by atoms with Crippen molar-refractivity contribution in [3.8, 4) is 0 Å². The molecule has 24 heavy (non-hydrogen) atoms. The Balaban J connectivity index is 2.10. The Kier molecular flexibility index (Phi) is 5.10. The molecule has 2 aromatic carbocycles. The first kappa shape index (κ1) is 16.9. The Morgan fingerprint density at radius 3 is 1.83 bits per heavy atom. The van der Waals surface area contributed by atoms with Gasteiger partial charge in [-0.15, -0.1) is 0 Å². The summed E-state index contributed by atoms with van der Waals surface area (Å²) in [6.07, 6.45) is 0. The van der Waals surface area contributed by atoms with E-state index in [-0.39, 0.29) is 24.3 Å². The van der Waals surface area contributed by atoms with Gasteiger partial charge in [-0.25, -0.2) is 9.59 Å². The van der Waals surface area contributed by atoms with Crippen molar-refractivity contribution in [3.63, 3.8) is 0 Å². The van der Waals surface area contributed by atoms with Gasteiger partial charge in [0, 0.05) is 25.2 Å². The zero-order valence-electron chi connectivity index (χ0n) is 12.6. The lowest BCUT2D eigenvalue weighted by molar-refractivity contribution is -0.384. The van der Waals surface area contributed by atoms with Gasteiger partial charge < -0.3 is 15.7 Å². The van der Waals surface area contributed by atoms with Crippen LogP contribution in [0.25, 0.3) is 0 Å². The summed E-state index contributed by atoms with van der Waals surface area (Å²) in [5.74, 6) is -1.03. The molecule has 0 radical (unpaired) electrons. The van der Waals surface area contributed by atoms with Crippen molar-refractivity contribution in [2.45, 2.75) is 13.1 Å². The number of urea groups is 1. The standard InChI is InChI=1S/C16H15N3O5/c17-16(22)18(9-11-1-5-13(6-2-11)15(20)21)10-12-3-7-14(8-4-12)19(23)24/h1-8H,9-10H2,(H2,17,22)(H,20,21). The third-order valence-corrected chi connectivity index (χ3v) is 3.41. The van der Waals surface area contributed by atoms with Gasteiger partial charge in [0.05, 0.1) is 10.5 Å². The molecule has 0 atom stereocenters. The lowest BCUT2D eigenvalue weighted by Crippen LogP contribution is -2.34. The fourth-order valence-corrected chi connectivity index (χ4v) is 2.13. The van der Waals surface area contributed by atoms with Gasteiger partial charge in [0.15, 0.2) is 0 Å². The molecule has 0 aliphatic rings. The largest absolute Gasteiger partial charge is 0.478 e. The van der Waals surface area contributed by atoms with E-state index in [0.717, 1.165) is 5.56 Å². The van der Waals surface area contributed by atoms with Gasteiger partial charge in [0.1, 0.15) is 0 Å². The van der Waals surface area contributed by atoms with E-state index in [2.05, 4.69) is 0 Å². The highest BCUT2D eigenvalue weighted by Crippen LogP contribution is 2.15. The minimum Gasteiger partial charge on any atom is -0.478 e. The highest BCUT2D eigenvalue weighted by atomic mass is 16.6. The van der Waals surface area contributed by atoms with Crippen molar-refractivity contribution in [3.05, 3.63) is 75.3 Å². The van der Waals surface area contributed by atoms with Crippen LogP contribution >= 0.6 is 0 Å². The molecule has 124 valence electrons. The SMILES string of the molecule is NC(=O)N(Cc1ccc(C(=O)O)cc1)Cc1ccc([N+](=O)[O-])cc1. The number of primary amides is 1. The number of hydrogen-bond donors (Lipinski definition) is 2. The lowest BCUT2D eigenvalue weighted by Gasteiger charge is -2.20. The number of nitro benzene ring substituents is 1. The van der Waals surface area contributed by atoms with E-state index in [1.165, 1.54) is 29.2 Å². The fraction of sp³-hybridized carbons (Fsp3) is 0.125. The predicted octanol–water partition coefficient (Wildman–Crippen LogP) is 2.37. The van der Waals surface area contributed by atoms with Crippen LogP contribution in [-0.4, -0.2) is 26.9 Å². The van der Waals surface area contributed by atoms with Gasteiger partial charge in [-0.1, -0.05) is 24.3 Å². The van der Waals surface area contributed by atoms with Crippen LogP contribution in [-0.2, 0) is 13.1 Å². The van der Waals surface area contributed by atoms with Gasteiger partial charge in [0.25, 0.3) is 5.69 Å². The van der Waals surface area contributed by atoms with E-state index in [1.54, 1.807) is 24.3 Å². The monoisotopic (exact) mass is 329 g/mol. The third kappa shape index (κ3) is 4.29. The fourth-order valence-electron chi connectivity index (χ4n) is 2.13. The summed E-state index contributed by atoms with van der Waals surface area (Å²) < 4.78 is 0. The maximum absolute atomic E-state index is 11.6. The molecule has 0 saturated heterocycles. The minimum absolute atomic E-state index is 0.0337. The van der Waals surface area contributed by atoms with Crippen LogP contribution in [0, 0.1) is 10.1 Å². The van der Waals surface area contributed by atoms with Crippen LogP contribution in [0.15, 0.2) is 48.5 Å². The average Bonchev–Trinajstić information content (AvgIpc) is 2.55. The third-order valence-electron chi connectivity index (χ3n) is 3.41. The molecule has 3 N–H and O–H groups in total. The second kappa shape index (κ2) is 7.23. The number of nitrogens with two attached hydrogens (primary N) is 1. The average molecular weight is 329 g/mol. The Morgan fingerprint density at radius 1 is 1.00 bits per heavy atom. The maximum Gasteiger partial charge on any atom is 0.335 e. The van der Waals surface area contributed by atoms with E-state index in [1.807, 2.05) is 0 Å². The van der Waals surface area contributed by atoms with Gasteiger partial charge in [-0.3, -0.25) is 10.1 Å². The molecule has 0 bridgehead atoms. The molecule has 0 aliphatic heterocycles. The van der Waals surface area contributed by atoms with Crippen LogP contribution in [0.2, 0.25) is 0 Å². The first-order valence-corrected chi connectivity index (χ1v) is 6.97. The molecule has 0 unspecified atom stereocenters. The minimum atomic E-state index is -1.03. The van der Waals surface area contributed by atoms with Crippen molar-refractivity contribution in [1.29, 1.82) is 0 Å². The zero-order chi connectivity index (χ0) is 17.7. The van der Waals surface area contributed by atoms with Crippen molar-refractivity contribution in [1.82, 2.24) is 4.90 Å². The summed E-state index contributed by atoms with van der Waals surface area (Å²) in [5.41, 5.74) is 6.91.